The van der Waals surface area contributed by atoms with Gasteiger partial charge in [-0.15, -0.1) is 0 Å². The van der Waals surface area contributed by atoms with Crippen LogP contribution in [-0.2, 0) is 4.74 Å². The number of benzene rings is 1. The van der Waals surface area contributed by atoms with Crippen LogP contribution in [0.1, 0.15) is 5.56 Å². The number of hydrogen-bond acceptors (Lipinski definition) is 8. The Morgan fingerprint density at radius 1 is 1.27 bits per heavy atom. The van der Waals surface area contributed by atoms with Crippen molar-refractivity contribution in [2.75, 3.05) is 6.61 Å². The van der Waals surface area contributed by atoms with Gasteiger partial charge in [-0.1, -0.05) is 6.07 Å². The van der Waals surface area contributed by atoms with Crippen molar-refractivity contribution >= 4 is 5.69 Å². The smallest absolute Gasteiger partial charge is 0.311 e. The fraction of sp³-hybridized carbons (Fsp3) is 0.538. The first-order chi connectivity index (χ1) is 10.3. The third kappa shape index (κ3) is 3.18. The second kappa shape index (κ2) is 6.55. The van der Waals surface area contributed by atoms with Crippen LogP contribution in [0.15, 0.2) is 18.2 Å². The molecule has 1 aromatic carbocycles. The molecule has 1 heterocycles. The molecule has 0 aliphatic carbocycles. The summed E-state index contributed by atoms with van der Waals surface area (Å²) in [7, 11) is 0. The number of nitro groups is 1. The van der Waals surface area contributed by atoms with Gasteiger partial charge in [-0.3, -0.25) is 10.1 Å². The minimum Gasteiger partial charge on any atom is -0.455 e. The van der Waals surface area contributed by atoms with E-state index in [0.717, 1.165) is 0 Å². The van der Waals surface area contributed by atoms with Gasteiger partial charge in [0.2, 0.25) is 6.29 Å². The first-order valence-electron chi connectivity index (χ1n) is 6.57. The molecule has 122 valence electrons. The van der Waals surface area contributed by atoms with Crippen molar-refractivity contribution in [1.82, 2.24) is 0 Å². The molecule has 1 aromatic rings. The van der Waals surface area contributed by atoms with Crippen molar-refractivity contribution < 1.29 is 34.8 Å². The van der Waals surface area contributed by atoms with Gasteiger partial charge in [0.1, 0.15) is 24.4 Å². The normalized spacial score (nSPS) is 31.8. The zero-order valence-corrected chi connectivity index (χ0v) is 11.7. The van der Waals surface area contributed by atoms with Gasteiger partial charge in [0, 0.05) is 6.07 Å². The lowest BCUT2D eigenvalue weighted by Crippen LogP contribution is -2.60. The average molecular weight is 315 g/mol. The molecule has 2 rings (SSSR count). The van der Waals surface area contributed by atoms with Gasteiger partial charge < -0.3 is 29.9 Å². The van der Waals surface area contributed by atoms with E-state index >= 15 is 0 Å². The van der Waals surface area contributed by atoms with Crippen LogP contribution < -0.4 is 4.74 Å². The third-order valence-corrected chi connectivity index (χ3v) is 3.40. The van der Waals surface area contributed by atoms with E-state index in [9.17, 15) is 25.4 Å². The minimum absolute atomic E-state index is 0.153. The highest BCUT2D eigenvalue weighted by Crippen LogP contribution is 2.31. The summed E-state index contributed by atoms with van der Waals surface area (Å²) >= 11 is 0. The fourth-order valence-corrected chi connectivity index (χ4v) is 2.16. The topological polar surface area (TPSA) is 143 Å². The molecule has 1 saturated heterocycles. The Kier molecular flexibility index (Phi) is 4.94. The molecule has 22 heavy (non-hydrogen) atoms. The highest BCUT2D eigenvalue weighted by atomic mass is 16.7. The first-order valence-corrected chi connectivity index (χ1v) is 6.57. The van der Waals surface area contributed by atoms with Gasteiger partial charge in [-0.25, -0.2) is 0 Å². The SMILES string of the molecule is Cc1ccc(O[C@H]2O[C@H](CO)[C@H](O)[C@H](O)[C@H]2O)c([N+](=O)[O-])c1. The quantitative estimate of drug-likeness (QED) is 0.413. The average Bonchev–Trinajstić information content (AvgIpc) is 2.49. The number of aliphatic hydroxyl groups excluding tert-OH is 4. The molecule has 0 aromatic heterocycles. The van der Waals surface area contributed by atoms with Gasteiger partial charge in [0.25, 0.3) is 0 Å². The van der Waals surface area contributed by atoms with Crippen LogP contribution in [0.4, 0.5) is 5.69 Å². The Morgan fingerprint density at radius 3 is 2.55 bits per heavy atom. The Bertz CT molecular complexity index is 549. The van der Waals surface area contributed by atoms with Gasteiger partial charge in [0.15, 0.2) is 5.75 Å². The predicted molar refractivity (Wildman–Crippen MR) is 72.2 cm³/mol. The van der Waals surface area contributed by atoms with Gasteiger partial charge >= 0.3 is 5.69 Å². The molecule has 1 aliphatic heterocycles. The van der Waals surface area contributed by atoms with E-state index < -0.39 is 42.2 Å². The second-order valence-corrected chi connectivity index (χ2v) is 5.04. The standard InChI is InChI=1S/C13H17NO8/c1-6-2-3-8(7(4-6)14(19)20)21-13-12(18)11(17)10(16)9(5-15)22-13/h2-4,9-13,15-18H,5H2,1H3/t9-,10+,11+,12-,13+/m1/s1. The van der Waals surface area contributed by atoms with Gasteiger partial charge in [-0.2, -0.15) is 0 Å². The molecule has 0 radical (unpaired) electrons. The molecule has 0 spiro atoms. The highest BCUT2D eigenvalue weighted by Gasteiger charge is 2.45. The summed E-state index contributed by atoms with van der Waals surface area (Å²) in [5, 5.41) is 49.3. The number of ether oxygens (including phenoxy) is 2. The Hall–Kier alpha value is -1.78. The fourth-order valence-electron chi connectivity index (χ4n) is 2.16. The molecule has 4 N–H and O–H groups in total. The summed E-state index contributed by atoms with van der Waals surface area (Å²) in [6.45, 7) is 1.06. The molecule has 0 saturated carbocycles. The number of nitrogens with zero attached hydrogens (tertiary/aromatic N) is 1. The number of aliphatic hydroxyl groups is 4. The van der Waals surface area contributed by atoms with E-state index in [4.69, 9.17) is 14.6 Å². The van der Waals surface area contributed by atoms with Crippen LogP contribution >= 0.6 is 0 Å². The number of hydrogen-bond donors (Lipinski definition) is 4. The summed E-state index contributed by atoms with van der Waals surface area (Å²) < 4.78 is 10.4. The van der Waals surface area contributed by atoms with Gasteiger partial charge in [-0.05, 0) is 18.6 Å². The van der Waals surface area contributed by atoms with E-state index in [0.29, 0.717) is 5.56 Å². The van der Waals surface area contributed by atoms with Crippen molar-refractivity contribution in [2.24, 2.45) is 0 Å². The lowest BCUT2D eigenvalue weighted by molar-refractivity contribution is -0.387. The maximum Gasteiger partial charge on any atom is 0.311 e. The third-order valence-electron chi connectivity index (χ3n) is 3.40. The Morgan fingerprint density at radius 2 is 1.95 bits per heavy atom. The molecular formula is C13H17NO8. The Labute approximate surface area is 125 Å². The highest BCUT2D eigenvalue weighted by molar-refractivity contribution is 5.48. The lowest BCUT2D eigenvalue weighted by Gasteiger charge is -2.39. The Balaban J connectivity index is 2.24. The largest absolute Gasteiger partial charge is 0.455 e. The molecular weight excluding hydrogens is 298 g/mol. The lowest BCUT2D eigenvalue weighted by atomic mass is 9.99. The number of aryl methyl sites for hydroxylation is 1. The molecule has 0 amide bonds. The van der Waals surface area contributed by atoms with Crippen LogP contribution in [0, 0.1) is 17.0 Å². The molecule has 9 heteroatoms. The monoisotopic (exact) mass is 315 g/mol. The predicted octanol–water partition coefficient (Wildman–Crippen LogP) is -0.918. The molecule has 1 aliphatic rings. The number of nitro benzene ring substituents is 1. The first kappa shape index (κ1) is 16.6. The second-order valence-electron chi connectivity index (χ2n) is 5.04. The maximum atomic E-state index is 11.0. The van der Waals surface area contributed by atoms with E-state index in [2.05, 4.69) is 0 Å². The minimum atomic E-state index is -1.63. The van der Waals surface area contributed by atoms with Gasteiger partial charge in [0.05, 0.1) is 11.5 Å². The van der Waals surface area contributed by atoms with Crippen molar-refractivity contribution in [3.05, 3.63) is 33.9 Å². The zero-order valence-electron chi connectivity index (χ0n) is 11.7. The van der Waals surface area contributed by atoms with E-state index in [1.54, 1.807) is 13.0 Å². The maximum absolute atomic E-state index is 11.0. The van der Waals surface area contributed by atoms with Crippen molar-refractivity contribution in [3.63, 3.8) is 0 Å². The molecule has 0 bridgehead atoms. The molecule has 5 atom stereocenters. The van der Waals surface area contributed by atoms with E-state index in [1.807, 2.05) is 0 Å². The van der Waals surface area contributed by atoms with Crippen LogP contribution in [0.25, 0.3) is 0 Å². The summed E-state index contributed by atoms with van der Waals surface area (Å²) in [4.78, 5) is 10.4. The molecule has 9 nitrogen and oxygen atoms in total. The van der Waals surface area contributed by atoms with Crippen molar-refractivity contribution in [2.45, 2.75) is 37.6 Å². The summed E-state index contributed by atoms with van der Waals surface area (Å²) in [6.07, 6.45) is -7.36. The summed E-state index contributed by atoms with van der Waals surface area (Å²) in [6, 6.07) is 4.21. The summed E-state index contributed by atoms with van der Waals surface area (Å²) in [5.74, 6) is -0.153. The van der Waals surface area contributed by atoms with E-state index in [-0.39, 0.29) is 11.4 Å². The van der Waals surface area contributed by atoms with Crippen molar-refractivity contribution in [3.8, 4) is 5.75 Å². The van der Waals surface area contributed by atoms with Crippen LogP contribution in [0.3, 0.4) is 0 Å². The number of rotatable bonds is 4. The summed E-state index contributed by atoms with van der Waals surface area (Å²) in [5.41, 5.74) is 0.324. The van der Waals surface area contributed by atoms with Crippen LogP contribution in [-0.4, -0.2) is 62.7 Å². The van der Waals surface area contributed by atoms with Crippen LogP contribution in [0.5, 0.6) is 5.75 Å². The van der Waals surface area contributed by atoms with E-state index in [1.165, 1.54) is 12.1 Å². The molecule has 1 fully saturated rings. The van der Waals surface area contributed by atoms with Crippen molar-refractivity contribution in [1.29, 1.82) is 0 Å². The molecule has 0 unspecified atom stereocenters. The zero-order chi connectivity index (χ0) is 16.4. The van der Waals surface area contributed by atoms with Crippen LogP contribution in [0.2, 0.25) is 0 Å².